The summed E-state index contributed by atoms with van der Waals surface area (Å²) < 4.78 is 44.6. The number of pyridine rings is 1. The summed E-state index contributed by atoms with van der Waals surface area (Å²) in [6.07, 6.45) is -1.67. The predicted octanol–water partition coefficient (Wildman–Crippen LogP) is 4.35. The van der Waals surface area contributed by atoms with E-state index >= 15 is 0 Å². The molecule has 0 aliphatic carbocycles. The van der Waals surface area contributed by atoms with Crippen LogP contribution in [0.2, 0.25) is 0 Å². The van der Waals surface area contributed by atoms with E-state index in [9.17, 15) is 22.8 Å². The van der Waals surface area contributed by atoms with Gasteiger partial charge in [0.05, 0.1) is 5.25 Å². The molecule has 0 bridgehead atoms. The second-order valence-corrected chi connectivity index (χ2v) is 7.02. The highest BCUT2D eigenvalue weighted by Gasteiger charge is 2.35. The molecule has 0 radical (unpaired) electrons. The normalized spacial score (nSPS) is 17.1. The third-order valence-electron chi connectivity index (χ3n) is 4.05. The number of benzene rings is 1. The Morgan fingerprint density at radius 2 is 2.00 bits per heavy atom. The third kappa shape index (κ3) is 4.41. The van der Waals surface area contributed by atoms with Gasteiger partial charge in [0.25, 0.3) is 5.24 Å². The van der Waals surface area contributed by atoms with Crippen molar-refractivity contribution in [1.29, 1.82) is 0 Å². The molecule has 1 unspecified atom stereocenters. The molecular formula is C18H15F3N2O3S. The van der Waals surface area contributed by atoms with Gasteiger partial charge in [-0.05, 0) is 42.2 Å². The molecule has 3 rings (SSSR count). The van der Waals surface area contributed by atoms with E-state index in [2.05, 4.69) is 10.3 Å². The van der Waals surface area contributed by atoms with Crippen molar-refractivity contribution in [3.05, 3.63) is 53.3 Å². The van der Waals surface area contributed by atoms with Crippen LogP contribution < -0.4 is 10.1 Å². The van der Waals surface area contributed by atoms with E-state index < -0.39 is 17.0 Å². The number of hydrogen-bond donors (Lipinski definition) is 1. The Morgan fingerprint density at radius 3 is 2.63 bits per heavy atom. The lowest BCUT2D eigenvalue weighted by Crippen LogP contribution is -2.25. The predicted molar refractivity (Wildman–Crippen MR) is 93.8 cm³/mol. The van der Waals surface area contributed by atoms with Gasteiger partial charge in [-0.1, -0.05) is 24.8 Å². The van der Waals surface area contributed by atoms with E-state index in [4.69, 9.17) is 4.74 Å². The van der Waals surface area contributed by atoms with Crippen LogP contribution in [-0.2, 0) is 23.8 Å². The molecule has 1 aromatic carbocycles. The fraction of sp³-hybridized carbons (Fsp3) is 0.278. The molecule has 1 atom stereocenters. The molecule has 1 N–H and O–H groups in total. The van der Waals surface area contributed by atoms with Crippen molar-refractivity contribution in [3.63, 3.8) is 0 Å². The van der Waals surface area contributed by atoms with E-state index in [1.165, 1.54) is 6.20 Å². The first-order valence-electron chi connectivity index (χ1n) is 8.10. The molecule has 27 heavy (non-hydrogen) atoms. The number of amides is 2. The van der Waals surface area contributed by atoms with Gasteiger partial charge >= 0.3 is 6.18 Å². The average molecular weight is 396 g/mol. The molecule has 0 saturated carbocycles. The second-order valence-electron chi connectivity index (χ2n) is 5.84. The number of imide groups is 1. The molecule has 1 saturated heterocycles. The monoisotopic (exact) mass is 396 g/mol. The fourth-order valence-electron chi connectivity index (χ4n) is 2.73. The quantitative estimate of drug-likeness (QED) is 0.814. The first-order valence-corrected chi connectivity index (χ1v) is 8.98. The SMILES string of the molecule is CCc1cc(Oc2ccncc2C(F)(F)F)ccc1CC1SC(=O)NC1=O. The number of ether oxygens (including phenoxy) is 1. The first-order chi connectivity index (χ1) is 12.8. The topological polar surface area (TPSA) is 68.3 Å². The van der Waals surface area contributed by atoms with Crippen LogP contribution in [0.25, 0.3) is 0 Å². The van der Waals surface area contributed by atoms with Gasteiger partial charge in [0.2, 0.25) is 5.91 Å². The Bertz CT molecular complexity index is 886. The summed E-state index contributed by atoms with van der Waals surface area (Å²) in [7, 11) is 0. The smallest absolute Gasteiger partial charge is 0.421 e. The fourth-order valence-corrected chi connectivity index (χ4v) is 3.58. The summed E-state index contributed by atoms with van der Waals surface area (Å²) in [6.45, 7) is 1.89. The van der Waals surface area contributed by atoms with Crippen molar-refractivity contribution in [1.82, 2.24) is 10.3 Å². The summed E-state index contributed by atoms with van der Waals surface area (Å²) in [5, 5.41) is 1.35. The number of aryl methyl sites for hydroxylation is 1. The zero-order chi connectivity index (χ0) is 19.6. The molecule has 1 aromatic heterocycles. The highest BCUT2D eigenvalue weighted by molar-refractivity contribution is 8.15. The van der Waals surface area contributed by atoms with Gasteiger partial charge < -0.3 is 4.74 Å². The van der Waals surface area contributed by atoms with Crippen LogP contribution >= 0.6 is 11.8 Å². The lowest BCUT2D eigenvalue weighted by atomic mass is 10.00. The summed E-state index contributed by atoms with van der Waals surface area (Å²) in [6, 6.07) is 6.07. The number of carbonyl (C=O) groups excluding carboxylic acids is 2. The molecule has 0 spiro atoms. The van der Waals surface area contributed by atoms with Crippen LogP contribution in [0.5, 0.6) is 11.5 Å². The molecular weight excluding hydrogens is 381 g/mol. The maximum absolute atomic E-state index is 13.1. The average Bonchev–Trinajstić information content (AvgIpc) is 2.93. The van der Waals surface area contributed by atoms with Gasteiger partial charge in [-0.3, -0.25) is 19.9 Å². The number of thioether (sulfide) groups is 1. The second kappa shape index (κ2) is 7.59. The van der Waals surface area contributed by atoms with Crippen LogP contribution in [0.15, 0.2) is 36.7 Å². The standard InChI is InChI=1S/C18H15F3N2O3S/c1-2-10-7-12(26-14-5-6-22-9-13(14)18(19,20)21)4-3-11(10)8-15-16(24)23-17(25)27-15/h3-7,9,15H,2,8H2,1H3,(H,23,24,25). The minimum Gasteiger partial charge on any atom is -0.457 e. The van der Waals surface area contributed by atoms with E-state index in [1.54, 1.807) is 18.2 Å². The van der Waals surface area contributed by atoms with Gasteiger partial charge in [-0.2, -0.15) is 13.2 Å². The number of nitrogens with zero attached hydrogens (tertiary/aromatic N) is 1. The van der Waals surface area contributed by atoms with Crippen LogP contribution in [-0.4, -0.2) is 21.4 Å². The Morgan fingerprint density at radius 1 is 1.22 bits per heavy atom. The van der Waals surface area contributed by atoms with Crippen LogP contribution in [0, 0.1) is 0 Å². The highest BCUT2D eigenvalue weighted by atomic mass is 32.2. The number of hydrogen-bond acceptors (Lipinski definition) is 5. The van der Waals surface area contributed by atoms with Gasteiger partial charge in [0.1, 0.15) is 17.1 Å². The number of nitrogens with one attached hydrogen (secondary N) is 1. The summed E-state index contributed by atoms with van der Waals surface area (Å²) >= 11 is 0.936. The molecule has 1 aliphatic rings. The molecule has 1 fully saturated rings. The van der Waals surface area contributed by atoms with Gasteiger partial charge in [-0.15, -0.1) is 0 Å². The lowest BCUT2D eigenvalue weighted by Gasteiger charge is -2.15. The minimum absolute atomic E-state index is 0.256. The van der Waals surface area contributed by atoms with E-state index in [1.807, 2.05) is 6.92 Å². The van der Waals surface area contributed by atoms with Crippen molar-refractivity contribution in [2.24, 2.45) is 0 Å². The lowest BCUT2D eigenvalue weighted by molar-refractivity contribution is -0.138. The van der Waals surface area contributed by atoms with Crippen molar-refractivity contribution in [3.8, 4) is 11.5 Å². The van der Waals surface area contributed by atoms with Crippen LogP contribution in [0.1, 0.15) is 23.6 Å². The minimum atomic E-state index is -4.57. The number of rotatable bonds is 5. The molecule has 2 amide bonds. The molecule has 1 aliphatic heterocycles. The van der Waals surface area contributed by atoms with Crippen molar-refractivity contribution < 1.29 is 27.5 Å². The van der Waals surface area contributed by atoms with Gasteiger partial charge in [0, 0.05) is 12.4 Å². The summed E-state index contributed by atoms with van der Waals surface area (Å²) in [5.74, 6) is -0.408. The molecule has 2 heterocycles. The van der Waals surface area contributed by atoms with Crippen molar-refractivity contribution in [2.75, 3.05) is 0 Å². The Kier molecular flexibility index (Phi) is 5.41. The van der Waals surface area contributed by atoms with E-state index in [-0.39, 0.29) is 22.6 Å². The Hall–Kier alpha value is -2.55. The number of carbonyl (C=O) groups is 2. The largest absolute Gasteiger partial charge is 0.457 e. The Labute approximate surface area is 157 Å². The van der Waals surface area contributed by atoms with Crippen molar-refractivity contribution in [2.45, 2.75) is 31.2 Å². The van der Waals surface area contributed by atoms with Gasteiger partial charge in [-0.25, -0.2) is 0 Å². The maximum atomic E-state index is 13.1. The zero-order valence-corrected chi connectivity index (χ0v) is 15.0. The molecule has 2 aromatic rings. The molecule has 9 heteroatoms. The van der Waals surface area contributed by atoms with E-state index in [0.717, 1.165) is 35.2 Å². The number of aromatic nitrogens is 1. The maximum Gasteiger partial charge on any atom is 0.421 e. The summed E-state index contributed by atoms with van der Waals surface area (Å²) in [5.41, 5.74) is 0.727. The van der Waals surface area contributed by atoms with Crippen LogP contribution in [0.4, 0.5) is 18.0 Å². The van der Waals surface area contributed by atoms with Gasteiger partial charge in [0.15, 0.2) is 0 Å². The summed E-state index contributed by atoms with van der Waals surface area (Å²) in [4.78, 5) is 26.5. The van der Waals surface area contributed by atoms with Crippen molar-refractivity contribution >= 4 is 22.9 Å². The third-order valence-corrected chi connectivity index (χ3v) is 5.03. The van der Waals surface area contributed by atoms with Crippen LogP contribution in [0.3, 0.4) is 0 Å². The first kappa shape index (κ1) is 19.2. The molecule has 142 valence electrons. The molecule has 5 nitrogen and oxygen atoms in total. The van der Waals surface area contributed by atoms with E-state index in [0.29, 0.717) is 12.8 Å². The zero-order valence-electron chi connectivity index (χ0n) is 14.2. The number of halogens is 3. The number of alkyl halides is 3. The highest BCUT2D eigenvalue weighted by Crippen LogP contribution is 2.37. The Balaban J connectivity index is 1.83.